The fourth-order valence-electron chi connectivity index (χ4n) is 1.52. The molecule has 102 valence electrons. The number of benzene rings is 1. The van der Waals surface area contributed by atoms with Gasteiger partial charge in [-0.3, -0.25) is 4.79 Å². The minimum Gasteiger partial charge on any atom is -0.478 e. The summed E-state index contributed by atoms with van der Waals surface area (Å²) >= 11 is 5.42. The number of hydrogen-bond acceptors (Lipinski definition) is 4. The van der Waals surface area contributed by atoms with Crippen molar-refractivity contribution in [3.05, 3.63) is 34.9 Å². The van der Waals surface area contributed by atoms with Crippen molar-refractivity contribution < 1.29 is 24.2 Å². The maximum absolute atomic E-state index is 11.8. The lowest BCUT2D eigenvalue weighted by atomic mass is 10.00. The Morgan fingerprint density at radius 3 is 2.53 bits per heavy atom. The SMILES string of the molecule is CCOC(=O)c1cc(C(=O)O)ccc1CC(=O)CCl. The molecule has 0 aliphatic carbocycles. The molecule has 0 saturated carbocycles. The number of carbonyl (C=O) groups is 3. The summed E-state index contributed by atoms with van der Waals surface area (Å²) in [5, 5.41) is 8.90. The number of ether oxygens (including phenoxy) is 1. The van der Waals surface area contributed by atoms with Gasteiger partial charge in [0.1, 0.15) is 0 Å². The van der Waals surface area contributed by atoms with Crippen molar-refractivity contribution in [1.29, 1.82) is 0 Å². The number of aromatic carboxylic acids is 1. The molecular formula is C13H13ClO5. The lowest BCUT2D eigenvalue weighted by molar-refractivity contribution is -0.116. The van der Waals surface area contributed by atoms with E-state index >= 15 is 0 Å². The number of hydrogen-bond donors (Lipinski definition) is 1. The van der Waals surface area contributed by atoms with Gasteiger partial charge in [-0.05, 0) is 24.6 Å². The van der Waals surface area contributed by atoms with Gasteiger partial charge in [-0.1, -0.05) is 6.07 Å². The van der Waals surface area contributed by atoms with E-state index in [0.717, 1.165) is 0 Å². The van der Waals surface area contributed by atoms with E-state index in [4.69, 9.17) is 21.4 Å². The van der Waals surface area contributed by atoms with E-state index < -0.39 is 11.9 Å². The van der Waals surface area contributed by atoms with Crippen molar-refractivity contribution in [2.45, 2.75) is 13.3 Å². The van der Waals surface area contributed by atoms with Crippen LogP contribution in [0.4, 0.5) is 0 Å². The molecule has 5 nitrogen and oxygen atoms in total. The second-order valence-corrected chi connectivity index (χ2v) is 4.01. The topological polar surface area (TPSA) is 80.7 Å². The molecule has 1 aromatic carbocycles. The molecule has 0 spiro atoms. The average Bonchev–Trinajstić information content (AvgIpc) is 2.38. The van der Waals surface area contributed by atoms with E-state index in [0.29, 0.717) is 5.56 Å². The summed E-state index contributed by atoms with van der Waals surface area (Å²) in [5.74, 6) is -2.22. The van der Waals surface area contributed by atoms with Crippen molar-refractivity contribution in [3.63, 3.8) is 0 Å². The van der Waals surface area contributed by atoms with Crippen LogP contribution in [0.25, 0.3) is 0 Å². The number of rotatable bonds is 6. The molecule has 1 aromatic rings. The van der Waals surface area contributed by atoms with Crippen LogP contribution >= 0.6 is 11.6 Å². The maximum Gasteiger partial charge on any atom is 0.338 e. The number of alkyl halides is 1. The minimum atomic E-state index is -1.15. The Bertz CT molecular complexity index is 510. The third kappa shape index (κ3) is 4.06. The largest absolute Gasteiger partial charge is 0.478 e. The second-order valence-electron chi connectivity index (χ2n) is 3.75. The van der Waals surface area contributed by atoms with E-state index in [1.54, 1.807) is 6.92 Å². The molecule has 6 heteroatoms. The Balaban J connectivity index is 3.18. The summed E-state index contributed by atoms with van der Waals surface area (Å²) in [6.45, 7) is 1.81. The highest BCUT2D eigenvalue weighted by Crippen LogP contribution is 2.15. The number of halogens is 1. The van der Waals surface area contributed by atoms with Crippen LogP contribution in [0.3, 0.4) is 0 Å². The Hall–Kier alpha value is -1.88. The van der Waals surface area contributed by atoms with Gasteiger partial charge < -0.3 is 9.84 Å². The van der Waals surface area contributed by atoms with Gasteiger partial charge in [0.05, 0.1) is 23.6 Å². The molecule has 0 heterocycles. The van der Waals surface area contributed by atoms with Crippen LogP contribution in [0.2, 0.25) is 0 Å². The molecule has 19 heavy (non-hydrogen) atoms. The first kappa shape index (κ1) is 15.2. The summed E-state index contributed by atoms with van der Waals surface area (Å²) in [7, 11) is 0. The first-order valence-electron chi connectivity index (χ1n) is 5.60. The number of carboxylic acid groups (broad SMARTS) is 1. The maximum atomic E-state index is 11.8. The van der Waals surface area contributed by atoms with Crippen LogP contribution in [0.5, 0.6) is 0 Å². The molecule has 0 aliphatic rings. The van der Waals surface area contributed by atoms with Crippen LogP contribution in [0.15, 0.2) is 18.2 Å². The van der Waals surface area contributed by atoms with Gasteiger partial charge in [-0.2, -0.15) is 0 Å². The summed E-state index contributed by atoms with van der Waals surface area (Å²) in [6.07, 6.45) is -0.0302. The Morgan fingerprint density at radius 2 is 2.00 bits per heavy atom. The van der Waals surface area contributed by atoms with Crippen LogP contribution in [-0.4, -0.2) is 35.3 Å². The van der Waals surface area contributed by atoms with Crippen LogP contribution in [-0.2, 0) is 16.0 Å². The van der Waals surface area contributed by atoms with E-state index in [1.165, 1.54) is 18.2 Å². The first-order chi connectivity index (χ1) is 8.99. The Labute approximate surface area is 115 Å². The molecule has 0 unspecified atom stereocenters. The van der Waals surface area contributed by atoms with Gasteiger partial charge >= 0.3 is 11.9 Å². The molecule has 0 atom stereocenters. The van der Waals surface area contributed by atoms with Crippen molar-refractivity contribution in [3.8, 4) is 0 Å². The molecule has 0 saturated heterocycles. The second kappa shape index (κ2) is 6.89. The number of Topliss-reactive ketones (excluding diaryl/α,β-unsaturated/α-hetero) is 1. The third-order valence-electron chi connectivity index (χ3n) is 2.39. The summed E-state index contributed by atoms with van der Waals surface area (Å²) in [6, 6.07) is 3.97. The normalized spacial score (nSPS) is 10.0. The molecule has 0 aromatic heterocycles. The Kier molecular flexibility index (Phi) is 5.51. The first-order valence-corrected chi connectivity index (χ1v) is 6.14. The van der Waals surface area contributed by atoms with Crippen LogP contribution in [0, 0.1) is 0 Å². The highest BCUT2D eigenvalue weighted by Gasteiger charge is 2.17. The highest BCUT2D eigenvalue weighted by atomic mass is 35.5. The van der Waals surface area contributed by atoms with Crippen LogP contribution in [0.1, 0.15) is 33.2 Å². The number of carbonyl (C=O) groups excluding carboxylic acids is 2. The lowest BCUT2D eigenvalue weighted by Crippen LogP contribution is -2.13. The van der Waals surface area contributed by atoms with E-state index in [1.807, 2.05) is 0 Å². The lowest BCUT2D eigenvalue weighted by Gasteiger charge is -2.09. The summed E-state index contributed by atoms with van der Waals surface area (Å²) < 4.78 is 4.84. The molecule has 0 aliphatic heterocycles. The zero-order valence-electron chi connectivity index (χ0n) is 10.3. The minimum absolute atomic E-state index is 0.0302. The van der Waals surface area contributed by atoms with E-state index in [-0.39, 0.29) is 35.8 Å². The zero-order valence-corrected chi connectivity index (χ0v) is 11.1. The number of esters is 1. The monoisotopic (exact) mass is 284 g/mol. The standard InChI is InChI=1S/C13H13ClO5/c1-2-19-13(18)11-6-9(12(16)17)4-3-8(11)5-10(15)7-14/h3-4,6H,2,5,7H2,1H3,(H,16,17). The van der Waals surface area contributed by atoms with Crippen molar-refractivity contribution in [2.24, 2.45) is 0 Å². The molecule has 1 rings (SSSR count). The fourth-order valence-corrected chi connectivity index (χ4v) is 1.62. The van der Waals surface area contributed by atoms with Gasteiger partial charge in [0, 0.05) is 6.42 Å². The van der Waals surface area contributed by atoms with Gasteiger partial charge in [0.2, 0.25) is 0 Å². The van der Waals surface area contributed by atoms with Crippen LogP contribution < -0.4 is 0 Å². The van der Waals surface area contributed by atoms with Crippen molar-refractivity contribution >= 4 is 29.3 Å². The quantitative estimate of drug-likeness (QED) is 0.637. The van der Waals surface area contributed by atoms with E-state index in [9.17, 15) is 14.4 Å². The van der Waals surface area contributed by atoms with Gasteiger partial charge in [0.25, 0.3) is 0 Å². The van der Waals surface area contributed by atoms with Gasteiger partial charge in [-0.25, -0.2) is 9.59 Å². The Morgan fingerprint density at radius 1 is 1.32 bits per heavy atom. The zero-order chi connectivity index (χ0) is 14.4. The molecule has 0 fully saturated rings. The smallest absolute Gasteiger partial charge is 0.338 e. The number of ketones is 1. The fraction of sp³-hybridized carbons (Fsp3) is 0.308. The summed E-state index contributed by atoms with van der Waals surface area (Å²) in [5.41, 5.74) is 0.458. The third-order valence-corrected chi connectivity index (χ3v) is 2.69. The van der Waals surface area contributed by atoms with Crippen molar-refractivity contribution in [1.82, 2.24) is 0 Å². The predicted octanol–water partition coefficient (Wildman–Crippen LogP) is 1.91. The number of carboxylic acids is 1. The average molecular weight is 285 g/mol. The van der Waals surface area contributed by atoms with Gasteiger partial charge in [0.15, 0.2) is 5.78 Å². The van der Waals surface area contributed by atoms with Gasteiger partial charge in [-0.15, -0.1) is 11.6 Å². The molecule has 0 radical (unpaired) electrons. The molecular weight excluding hydrogens is 272 g/mol. The molecule has 1 N–H and O–H groups in total. The summed E-state index contributed by atoms with van der Waals surface area (Å²) in [4.78, 5) is 34.0. The van der Waals surface area contributed by atoms with Crippen molar-refractivity contribution in [2.75, 3.05) is 12.5 Å². The molecule has 0 bridgehead atoms. The predicted molar refractivity (Wildman–Crippen MR) is 68.8 cm³/mol. The molecule has 0 amide bonds. The van der Waals surface area contributed by atoms with E-state index in [2.05, 4.69) is 0 Å². The highest BCUT2D eigenvalue weighted by molar-refractivity contribution is 6.27.